The lowest BCUT2D eigenvalue weighted by Gasteiger charge is -2.19. The van der Waals surface area contributed by atoms with Crippen LogP contribution in [0.1, 0.15) is 32.1 Å². The predicted octanol–water partition coefficient (Wildman–Crippen LogP) is 0.215. The van der Waals surface area contributed by atoms with Crippen molar-refractivity contribution in [3.63, 3.8) is 0 Å². The van der Waals surface area contributed by atoms with Crippen molar-refractivity contribution in [2.24, 2.45) is 5.92 Å². The molecule has 12 heavy (non-hydrogen) atoms. The van der Waals surface area contributed by atoms with Crippen LogP contribution in [0, 0.1) is 5.92 Å². The van der Waals surface area contributed by atoms with E-state index in [1.54, 1.807) is 0 Å². The minimum absolute atomic E-state index is 0.347. The molecule has 1 saturated heterocycles. The number of rotatable bonds is 4. The summed E-state index contributed by atoms with van der Waals surface area (Å²) in [6, 6.07) is 0. The van der Waals surface area contributed by atoms with Crippen molar-refractivity contribution >= 4 is 5.97 Å². The first-order valence-corrected chi connectivity index (χ1v) is 4.82. The molecule has 1 aliphatic rings. The molecular formula is C9H18NO2+. The fourth-order valence-electron chi connectivity index (χ4n) is 1.83. The van der Waals surface area contributed by atoms with Gasteiger partial charge in [0, 0.05) is 6.42 Å². The number of hydrogen-bond acceptors (Lipinski definition) is 1. The van der Waals surface area contributed by atoms with Crippen LogP contribution in [-0.4, -0.2) is 24.2 Å². The van der Waals surface area contributed by atoms with Crippen molar-refractivity contribution in [1.29, 1.82) is 0 Å². The van der Waals surface area contributed by atoms with E-state index in [1.807, 2.05) is 0 Å². The molecule has 70 valence electrons. The smallest absolute Gasteiger partial charge is 0.303 e. The van der Waals surface area contributed by atoms with Crippen molar-refractivity contribution in [2.45, 2.75) is 32.1 Å². The second-order valence-corrected chi connectivity index (χ2v) is 3.60. The number of hydrogen-bond donors (Lipinski definition) is 2. The van der Waals surface area contributed by atoms with E-state index in [2.05, 4.69) is 5.32 Å². The largest absolute Gasteiger partial charge is 0.481 e. The topological polar surface area (TPSA) is 53.9 Å². The Morgan fingerprint density at radius 3 is 2.67 bits per heavy atom. The fourth-order valence-corrected chi connectivity index (χ4v) is 1.83. The molecule has 0 aromatic rings. The second-order valence-electron chi connectivity index (χ2n) is 3.60. The summed E-state index contributed by atoms with van der Waals surface area (Å²) in [6.45, 7) is 2.47. The zero-order valence-corrected chi connectivity index (χ0v) is 7.46. The maximum atomic E-state index is 10.2. The first-order valence-electron chi connectivity index (χ1n) is 4.82. The number of aliphatic carboxylic acids is 1. The number of carbonyl (C=O) groups is 1. The number of quaternary nitrogens is 1. The Kier molecular flexibility index (Phi) is 4.08. The molecule has 1 fully saturated rings. The normalized spacial score (nSPS) is 19.3. The third kappa shape index (κ3) is 3.72. The molecule has 0 aromatic heterocycles. The Bertz CT molecular complexity index is 141. The molecule has 0 aliphatic carbocycles. The monoisotopic (exact) mass is 172 g/mol. The summed E-state index contributed by atoms with van der Waals surface area (Å²) in [6.07, 6.45) is 4.87. The van der Waals surface area contributed by atoms with Crippen LogP contribution >= 0.6 is 0 Å². The van der Waals surface area contributed by atoms with E-state index in [-0.39, 0.29) is 0 Å². The molecule has 1 heterocycles. The summed E-state index contributed by atoms with van der Waals surface area (Å²) >= 11 is 0. The standard InChI is InChI=1S/C9H17NO2/c11-9(12)3-1-2-8-4-6-10-7-5-8/h8,10H,1-7H2,(H,11,12)/p+1. The van der Waals surface area contributed by atoms with Crippen molar-refractivity contribution in [3.8, 4) is 0 Å². The number of carboxylic acids is 1. The summed E-state index contributed by atoms with van der Waals surface area (Å²) in [5, 5.41) is 10.8. The zero-order chi connectivity index (χ0) is 8.81. The quantitative estimate of drug-likeness (QED) is 0.637. The van der Waals surface area contributed by atoms with Gasteiger partial charge in [-0.05, 0) is 31.6 Å². The van der Waals surface area contributed by atoms with Gasteiger partial charge in [0.1, 0.15) is 0 Å². The van der Waals surface area contributed by atoms with Gasteiger partial charge in [0.15, 0.2) is 0 Å². The van der Waals surface area contributed by atoms with Crippen LogP contribution in [0.15, 0.2) is 0 Å². The molecule has 0 bridgehead atoms. The highest BCUT2D eigenvalue weighted by molar-refractivity contribution is 5.66. The van der Waals surface area contributed by atoms with E-state index in [9.17, 15) is 4.79 Å². The van der Waals surface area contributed by atoms with E-state index in [0.717, 1.165) is 18.8 Å². The Labute approximate surface area is 73.2 Å². The van der Waals surface area contributed by atoms with Gasteiger partial charge >= 0.3 is 5.97 Å². The Hall–Kier alpha value is -0.570. The third-order valence-electron chi connectivity index (χ3n) is 2.56. The molecule has 0 saturated carbocycles. The van der Waals surface area contributed by atoms with Crippen molar-refractivity contribution in [1.82, 2.24) is 0 Å². The highest BCUT2D eigenvalue weighted by atomic mass is 16.4. The molecular weight excluding hydrogens is 154 g/mol. The number of carboxylic acid groups (broad SMARTS) is 1. The Balaban J connectivity index is 2.01. The lowest BCUT2D eigenvalue weighted by molar-refractivity contribution is -0.664. The molecule has 0 radical (unpaired) electrons. The Morgan fingerprint density at radius 1 is 1.42 bits per heavy atom. The molecule has 0 amide bonds. The highest BCUT2D eigenvalue weighted by Gasteiger charge is 2.14. The van der Waals surface area contributed by atoms with Crippen LogP contribution < -0.4 is 5.32 Å². The van der Waals surface area contributed by atoms with Gasteiger partial charge in [-0.3, -0.25) is 4.79 Å². The van der Waals surface area contributed by atoms with Gasteiger partial charge in [-0.1, -0.05) is 0 Å². The lowest BCUT2D eigenvalue weighted by Crippen LogP contribution is -2.86. The molecule has 0 atom stereocenters. The second kappa shape index (κ2) is 5.14. The summed E-state index contributed by atoms with van der Waals surface area (Å²) in [7, 11) is 0. The van der Waals surface area contributed by atoms with Crippen molar-refractivity contribution < 1.29 is 15.2 Å². The van der Waals surface area contributed by atoms with Gasteiger partial charge in [0.2, 0.25) is 0 Å². The molecule has 0 unspecified atom stereocenters. The van der Waals surface area contributed by atoms with E-state index in [4.69, 9.17) is 5.11 Å². The molecule has 1 rings (SSSR count). The summed E-state index contributed by atoms with van der Waals surface area (Å²) in [5.74, 6) is 0.145. The summed E-state index contributed by atoms with van der Waals surface area (Å²) < 4.78 is 0. The summed E-state index contributed by atoms with van der Waals surface area (Å²) in [4.78, 5) is 10.2. The van der Waals surface area contributed by atoms with Crippen LogP contribution in [0.2, 0.25) is 0 Å². The van der Waals surface area contributed by atoms with Crippen LogP contribution in [0.3, 0.4) is 0 Å². The zero-order valence-electron chi connectivity index (χ0n) is 7.46. The van der Waals surface area contributed by atoms with Crippen LogP contribution in [0.4, 0.5) is 0 Å². The molecule has 3 N–H and O–H groups in total. The van der Waals surface area contributed by atoms with Crippen LogP contribution in [0.5, 0.6) is 0 Å². The SMILES string of the molecule is O=C(O)CCCC1CC[NH2+]CC1. The summed E-state index contributed by atoms with van der Waals surface area (Å²) in [5.41, 5.74) is 0. The van der Waals surface area contributed by atoms with Gasteiger partial charge in [0.05, 0.1) is 13.1 Å². The average Bonchev–Trinajstić information content (AvgIpc) is 2.05. The number of nitrogens with two attached hydrogens (primary N) is 1. The molecule has 3 heteroatoms. The molecule has 1 aliphatic heterocycles. The molecule has 0 aromatic carbocycles. The third-order valence-corrected chi connectivity index (χ3v) is 2.56. The van der Waals surface area contributed by atoms with Gasteiger partial charge in [-0.2, -0.15) is 0 Å². The first-order chi connectivity index (χ1) is 5.79. The molecule has 3 nitrogen and oxygen atoms in total. The maximum Gasteiger partial charge on any atom is 0.303 e. The van der Waals surface area contributed by atoms with E-state index in [0.29, 0.717) is 6.42 Å². The highest BCUT2D eigenvalue weighted by Crippen LogP contribution is 2.16. The van der Waals surface area contributed by atoms with Gasteiger partial charge in [-0.25, -0.2) is 0 Å². The van der Waals surface area contributed by atoms with E-state index >= 15 is 0 Å². The van der Waals surface area contributed by atoms with E-state index < -0.39 is 5.97 Å². The first kappa shape index (κ1) is 9.52. The van der Waals surface area contributed by atoms with E-state index in [1.165, 1.54) is 25.9 Å². The van der Waals surface area contributed by atoms with Crippen LogP contribution in [0.25, 0.3) is 0 Å². The predicted molar refractivity (Wildman–Crippen MR) is 45.9 cm³/mol. The minimum atomic E-state index is -0.655. The minimum Gasteiger partial charge on any atom is -0.481 e. The Morgan fingerprint density at radius 2 is 2.08 bits per heavy atom. The lowest BCUT2D eigenvalue weighted by atomic mass is 9.93. The van der Waals surface area contributed by atoms with Gasteiger partial charge < -0.3 is 10.4 Å². The average molecular weight is 172 g/mol. The van der Waals surface area contributed by atoms with Crippen molar-refractivity contribution in [3.05, 3.63) is 0 Å². The van der Waals surface area contributed by atoms with Crippen molar-refractivity contribution in [2.75, 3.05) is 13.1 Å². The maximum absolute atomic E-state index is 10.2. The molecule has 0 spiro atoms. The van der Waals surface area contributed by atoms with Gasteiger partial charge in [-0.15, -0.1) is 0 Å². The van der Waals surface area contributed by atoms with Crippen LogP contribution in [-0.2, 0) is 4.79 Å². The van der Waals surface area contributed by atoms with Gasteiger partial charge in [0.25, 0.3) is 0 Å². The number of piperidine rings is 1. The fraction of sp³-hybridized carbons (Fsp3) is 0.889.